The molecule has 1 atom stereocenters. The molecule has 1 unspecified atom stereocenters. The smallest absolute Gasteiger partial charge is 0.250 e. The summed E-state index contributed by atoms with van der Waals surface area (Å²) in [7, 11) is 0. The lowest BCUT2D eigenvalue weighted by atomic mass is 10.1. The molecule has 0 saturated heterocycles. The van der Waals surface area contributed by atoms with Crippen molar-refractivity contribution in [3.63, 3.8) is 0 Å². The van der Waals surface area contributed by atoms with E-state index >= 15 is 0 Å². The van der Waals surface area contributed by atoms with E-state index in [9.17, 15) is 0 Å². The van der Waals surface area contributed by atoms with E-state index in [4.69, 9.17) is 14.6 Å². The van der Waals surface area contributed by atoms with Crippen LogP contribution in [0.5, 0.6) is 0 Å². The third-order valence-electron chi connectivity index (χ3n) is 2.05. The Hall–Kier alpha value is -0.700. The van der Waals surface area contributed by atoms with E-state index in [1.807, 2.05) is 6.92 Å². The van der Waals surface area contributed by atoms with Gasteiger partial charge in [-0.3, -0.25) is 0 Å². The Bertz CT molecular complexity index is 177. The molecule has 0 radical (unpaired) electrons. The van der Waals surface area contributed by atoms with Gasteiger partial charge in [0.05, 0.1) is 0 Å². The first-order valence-electron chi connectivity index (χ1n) is 4.43. The molecule has 0 spiro atoms. The highest BCUT2D eigenvalue weighted by molar-refractivity contribution is 4.96. The van der Waals surface area contributed by atoms with E-state index in [-0.39, 0.29) is 6.61 Å². The third-order valence-corrected chi connectivity index (χ3v) is 2.05. The van der Waals surface area contributed by atoms with Crippen LogP contribution >= 0.6 is 0 Å². The molecule has 0 saturated carbocycles. The summed E-state index contributed by atoms with van der Waals surface area (Å²) in [4.78, 5) is 0. The van der Waals surface area contributed by atoms with Crippen LogP contribution < -0.4 is 0 Å². The van der Waals surface area contributed by atoms with Crippen molar-refractivity contribution in [3.05, 3.63) is 12.0 Å². The number of hydrogen-bond donors (Lipinski definition) is 1. The van der Waals surface area contributed by atoms with Crippen LogP contribution in [0.2, 0.25) is 0 Å². The second-order valence-electron chi connectivity index (χ2n) is 2.98. The minimum absolute atomic E-state index is 0.0779. The first-order valence-corrected chi connectivity index (χ1v) is 4.43. The molecule has 0 aromatic rings. The van der Waals surface area contributed by atoms with Crippen molar-refractivity contribution in [1.82, 2.24) is 0 Å². The van der Waals surface area contributed by atoms with Gasteiger partial charge in [-0.25, -0.2) is 0 Å². The summed E-state index contributed by atoms with van der Waals surface area (Å²) < 4.78 is 10.9. The van der Waals surface area contributed by atoms with Gasteiger partial charge in [-0.15, -0.1) is 0 Å². The zero-order valence-electron chi connectivity index (χ0n) is 7.67. The van der Waals surface area contributed by atoms with Crippen LogP contribution in [0.15, 0.2) is 12.0 Å². The fourth-order valence-corrected chi connectivity index (χ4v) is 1.35. The second-order valence-corrected chi connectivity index (χ2v) is 2.98. The zero-order chi connectivity index (χ0) is 9.03. The maximum Gasteiger partial charge on any atom is 0.250 e. The van der Waals surface area contributed by atoms with Crippen molar-refractivity contribution in [2.24, 2.45) is 0 Å². The zero-order valence-corrected chi connectivity index (χ0v) is 7.67. The van der Waals surface area contributed by atoms with Gasteiger partial charge in [-0.1, -0.05) is 13.8 Å². The van der Waals surface area contributed by atoms with E-state index in [1.54, 1.807) is 0 Å². The molecule has 0 aliphatic carbocycles. The Balaban J connectivity index is 2.52. The first kappa shape index (κ1) is 9.39. The lowest BCUT2D eigenvalue weighted by molar-refractivity contribution is -0.158. The van der Waals surface area contributed by atoms with E-state index in [1.165, 1.54) is 6.26 Å². The average molecular weight is 172 g/mol. The molecule has 1 rings (SSSR count). The maximum atomic E-state index is 8.79. The summed E-state index contributed by atoms with van der Waals surface area (Å²) in [5.74, 6) is 0.0394. The molecule has 1 aliphatic rings. The van der Waals surface area contributed by atoms with Crippen LogP contribution in [-0.4, -0.2) is 17.5 Å². The van der Waals surface area contributed by atoms with Crippen LogP contribution in [0.4, 0.5) is 0 Å². The molecule has 1 heterocycles. The van der Waals surface area contributed by atoms with Gasteiger partial charge in [0.2, 0.25) is 5.79 Å². The van der Waals surface area contributed by atoms with Crippen LogP contribution in [0.25, 0.3) is 0 Å². The summed E-state index contributed by atoms with van der Waals surface area (Å²) >= 11 is 0. The summed E-state index contributed by atoms with van der Waals surface area (Å²) in [6, 6.07) is 0. The summed E-state index contributed by atoms with van der Waals surface area (Å²) in [6.07, 6.45) is 4.20. The molecule has 12 heavy (non-hydrogen) atoms. The molecule has 0 amide bonds. The van der Waals surface area contributed by atoms with E-state index in [0.29, 0.717) is 5.76 Å². The van der Waals surface area contributed by atoms with E-state index in [0.717, 1.165) is 19.3 Å². The molecule has 0 aromatic heterocycles. The molecular weight excluding hydrogens is 156 g/mol. The van der Waals surface area contributed by atoms with Gasteiger partial charge in [0.25, 0.3) is 0 Å². The standard InChI is InChI=1S/C9H16O3/c1-3-5-9(4-2)11-7-8(6-10)12-9/h7,10H,3-6H2,1-2H3. The number of aliphatic hydroxyl groups excluding tert-OH is 1. The molecule has 0 aromatic carbocycles. The molecule has 70 valence electrons. The lowest BCUT2D eigenvalue weighted by Gasteiger charge is -2.26. The quantitative estimate of drug-likeness (QED) is 0.702. The minimum Gasteiger partial charge on any atom is -0.456 e. The summed E-state index contributed by atoms with van der Waals surface area (Å²) in [5.41, 5.74) is 0. The molecular formula is C9H16O3. The Morgan fingerprint density at radius 3 is 2.67 bits per heavy atom. The highest BCUT2D eigenvalue weighted by Crippen LogP contribution is 2.32. The van der Waals surface area contributed by atoms with Crippen molar-refractivity contribution < 1.29 is 14.6 Å². The largest absolute Gasteiger partial charge is 0.456 e. The van der Waals surface area contributed by atoms with E-state index in [2.05, 4.69) is 6.92 Å². The third kappa shape index (κ3) is 1.72. The first-order chi connectivity index (χ1) is 5.76. The van der Waals surface area contributed by atoms with Crippen molar-refractivity contribution in [2.45, 2.75) is 38.9 Å². The molecule has 1 N–H and O–H groups in total. The molecule has 0 bridgehead atoms. The van der Waals surface area contributed by atoms with Crippen LogP contribution in [0.1, 0.15) is 33.1 Å². The predicted octanol–water partition coefficient (Wildman–Crippen LogP) is 1.77. The van der Waals surface area contributed by atoms with Gasteiger partial charge in [0, 0.05) is 12.8 Å². The normalized spacial score (nSPS) is 27.8. The van der Waals surface area contributed by atoms with Crippen molar-refractivity contribution in [1.29, 1.82) is 0 Å². The maximum absolute atomic E-state index is 8.79. The van der Waals surface area contributed by atoms with Crippen LogP contribution in [0, 0.1) is 0 Å². The van der Waals surface area contributed by atoms with Gasteiger partial charge in [0.1, 0.15) is 12.9 Å². The van der Waals surface area contributed by atoms with E-state index < -0.39 is 5.79 Å². The monoisotopic (exact) mass is 172 g/mol. The van der Waals surface area contributed by atoms with Gasteiger partial charge in [-0.05, 0) is 6.42 Å². The van der Waals surface area contributed by atoms with Gasteiger partial charge >= 0.3 is 0 Å². The van der Waals surface area contributed by atoms with Crippen molar-refractivity contribution >= 4 is 0 Å². The summed E-state index contributed by atoms with van der Waals surface area (Å²) in [6.45, 7) is 4.02. The average Bonchev–Trinajstić information content (AvgIpc) is 2.50. The van der Waals surface area contributed by atoms with Crippen molar-refractivity contribution in [3.8, 4) is 0 Å². The Labute approximate surface area is 73.0 Å². The van der Waals surface area contributed by atoms with Gasteiger partial charge < -0.3 is 14.6 Å². The van der Waals surface area contributed by atoms with Crippen molar-refractivity contribution in [2.75, 3.05) is 6.61 Å². The Morgan fingerprint density at radius 2 is 2.25 bits per heavy atom. The fraction of sp³-hybridized carbons (Fsp3) is 0.778. The van der Waals surface area contributed by atoms with Crippen LogP contribution in [0.3, 0.4) is 0 Å². The molecule has 3 nitrogen and oxygen atoms in total. The highest BCUT2D eigenvalue weighted by Gasteiger charge is 2.35. The molecule has 3 heteroatoms. The topological polar surface area (TPSA) is 38.7 Å². The lowest BCUT2D eigenvalue weighted by Crippen LogP contribution is -2.29. The highest BCUT2D eigenvalue weighted by atomic mass is 16.7. The fourth-order valence-electron chi connectivity index (χ4n) is 1.35. The minimum atomic E-state index is -0.493. The molecule has 0 fully saturated rings. The van der Waals surface area contributed by atoms with Gasteiger partial charge in [0.15, 0.2) is 5.76 Å². The van der Waals surface area contributed by atoms with Gasteiger partial charge in [-0.2, -0.15) is 0 Å². The molecule has 1 aliphatic heterocycles. The summed E-state index contributed by atoms with van der Waals surface area (Å²) in [5, 5.41) is 8.79. The second kappa shape index (κ2) is 3.81. The number of aliphatic hydroxyl groups is 1. The predicted molar refractivity (Wildman–Crippen MR) is 45.3 cm³/mol. The number of rotatable bonds is 4. The Kier molecular flexibility index (Phi) is 2.98. The SMILES string of the molecule is CCCC1(CC)OC=C(CO)O1. The van der Waals surface area contributed by atoms with Crippen LogP contribution in [-0.2, 0) is 9.47 Å². The number of ether oxygens (including phenoxy) is 2. The number of hydrogen-bond acceptors (Lipinski definition) is 3. The Morgan fingerprint density at radius 1 is 1.50 bits per heavy atom.